The van der Waals surface area contributed by atoms with Crippen LogP contribution in [0.4, 0.5) is 17.1 Å². The summed E-state index contributed by atoms with van der Waals surface area (Å²) in [6.45, 7) is 5.61. The molecule has 5 aromatic carbocycles. The molecule has 14 heteroatoms. The molecule has 4 atom stereocenters. The van der Waals surface area contributed by atoms with Gasteiger partial charge in [-0.15, -0.1) is 0 Å². The van der Waals surface area contributed by atoms with E-state index in [1.807, 2.05) is 73.7 Å². The number of aryl methyl sites for hydroxylation is 1. The van der Waals surface area contributed by atoms with Crippen LogP contribution in [0.1, 0.15) is 46.6 Å². The number of carbonyl (C=O) groups excluding carboxylic acids is 1. The molecule has 13 nitrogen and oxygen atoms in total. The Hall–Kier alpha value is -5.48. The molecule has 2 aliphatic heterocycles. The van der Waals surface area contributed by atoms with Crippen molar-refractivity contribution in [3.8, 4) is 0 Å². The Labute approximate surface area is 338 Å². The van der Waals surface area contributed by atoms with Gasteiger partial charge in [-0.2, -0.15) is 4.72 Å². The van der Waals surface area contributed by atoms with Gasteiger partial charge in [0.15, 0.2) is 6.29 Å². The minimum absolute atomic E-state index is 0.0550. The fourth-order valence-corrected chi connectivity index (χ4v) is 8.45. The summed E-state index contributed by atoms with van der Waals surface area (Å²) in [7, 11) is -4.01. The molecule has 7 rings (SSSR count). The number of piperazine rings is 1. The Morgan fingerprint density at radius 2 is 1.48 bits per heavy atom. The summed E-state index contributed by atoms with van der Waals surface area (Å²) in [5.74, 6) is -0.502. The number of amides is 1. The SMILES string of the molecule is Cc1ccc(S(=O)(=O)NC(Cc2ccccc2)C(=O)Nc2ccc(C3OC(CN4CCN(c5ccc([N+](=O)[O-])cc5)CC4)CC(c4ccc(CO)cc4)O3)cc2)cc1. The van der Waals surface area contributed by atoms with E-state index in [4.69, 9.17) is 9.47 Å². The zero-order valence-corrected chi connectivity index (χ0v) is 33.0. The number of sulfonamides is 1. The minimum Gasteiger partial charge on any atom is -0.392 e. The van der Waals surface area contributed by atoms with Crippen LogP contribution in [0, 0.1) is 17.0 Å². The highest BCUT2D eigenvalue weighted by Gasteiger charge is 2.34. The van der Waals surface area contributed by atoms with E-state index in [0.29, 0.717) is 18.7 Å². The molecular weight excluding hydrogens is 759 g/mol. The summed E-state index contributed by atoms with van der Waals surface area (Å²) in [5.41, 5.74) is 5.76. The zero-order chi connectivity index (χ0) is 40.6. The lowest BCUT2D eigenvalue weighted by atomic mass is 9.99. The number of hydrogen-bond donors (Lipinski definition) is 3. The average Bonchev–Trinajstić information content (AvgIpc) is 3.24. The minimum atomic E-state index is -4.01. The van der Waals surface area contributed by atoms with Crippen LogP contribution in [0.3, 0.4) is 0 Å². The number of anilines is 2. The van der Waals surface area contributed by atoms with Gasteiger partial charge in [0, 0.05) is 68.2 Å². The van der Waals surface area contributed by atoms with Gasteiger partial charge in [0.05, 0.1) is 28.6 Å². The number of rotatable bonds is 14. The van der Waals surface area contributed by atoms with Crippen LogP contribution in [0.25, 0.3) is 0 Å². The van der Waals surface area contributed by atoms with Crippen molar-refractivity contribution in [2.45, 2.75) is 55.8 Å². The first-order valence-electron chi connectivity index (χ1n) is 19.3. The number of nitro groups is 1. The van der Waals surface area contributed by atoms with Gasteiger partial charge in [0.25, 0.3) is 5.69 Å². The Balaban J connectivity index is 1.03. The van der Waals surface area contributed by atoms with Crippen LogP contribution in [0.15, 0.2) is 132 Å². The van der Waals surface area contributed by atoms with Gasteiger partial charge in [-0.05, 0) is 66.4 Å². The van der Waals surface area contributed by atoms with Gasteiger partial charge in [0.1, 0.15) is 6.04 Å². The van der Waals surface area contributed by atoms with Gasteiger partial charge in [-0.1, -0.05) is 84.4 Å². The number of nitro benzene ring substituents is 1. The molecule has 0 bridgehead atoms. The molecule has 0 aliphatic carbocycles. The quantitative estimate of drug-likeness (QED) is 0.0859. The smallest absolute Gasteiger partial charge is 0.269 e. The van der Waals surface area contributed by atoms with Gasteiger partial charge >= 0.3 is 0 Å². The molecule has 2 fully saturated rings. The maximum absolute atomic E-state index is 13.7. The van der Waals surface area contributed by atoms with E-state index in [1.165, 1.54) is 24.3 Å². The molecule has 4 unspecified atom stereocenters. The number of non-ortho nitro benzene ring substituents is 1. The van der Waals surface area contributed by atoms with Crippen molar-refractivity contribution in [3.63, 3.8) is 0 Å². The largest absolute Gasteiger partial charge is 0.392 e. The molecule has 0 radical (unpaired) electrons. The molecule has 0 saturated carbocycles. The molecule has 1 amide bonds. The lowest BCUT2D eigenvalue weighted by Crippen LogP contribution is -2.49. The van der Waals surface area contributed by atoms with Crippen molar-refractivity contribution in [3.05, 3.63) is 165 Å². The number of aliphatic hydroxyl groups excluding tert-OH is 1. The lowest BCUT2D eigenvalue weighted by molar-refractivity contribution is -0.384. The van der Waals surface area contributed by atoms with Crippen molar-refractivity contribution in [1.29, 1.82) is 0 Å². The third-order valence-electron chi connectivity index (χ3n) is 10.6. The molecular formula is C44H47N5O8S. The van der Waals surface area contributed by atoms with Crippen molar-refractivity contribution < 1.29 is 32.7 Å². The normalized spacial score (nSPS) is 19.3. The molecule has 302 valence electrons. The van der Waals surface area contributed by atoms with Gasteiger partial charge in [-0.25, -0.2) is 8.42 Å². The van der Waals surface area contributed by atoms with E-state index < -0.39 is 33.2 Å². The topological polar surface area (TPSA) is 164 Å². The maximum atomic E-state index is 13.7. The van der Waals surface area contributed by atoms with E-state index in [0.717, 1.165) is 59.7 Å². The van der Waals surface area contributed by atoms with Gasteiger partial charge < -0.3 is 24.8 Å². The first-order chi connectivity index (χ1) is 28.0. The molecule has 5 aromatic rings. The van der Waals surface area contributed by atoms with Crippen LogP contribution < -0.4 is 14.9 Å². The van der Waals surface area contributed by atoms with E-state index >= 15 is 0 Å². The standard InChI is InChI=1S/C44H47N5O8S/c1-31-7-21-40(22-8-31)58(54,55)46-41(27-32-5-3-2-4-6-32)43(51)45-36-15-13-35(14-16-36)44-56-39(28-42(57-44)34-11-9-33(30-50)10-12-34)29-47-23-25-48(26-24-47)37-17-19-38(20-18-37)49(52)53/h2-22,39,41-42,44,46,50H,23-30H2,1H3,(H,45,51). The number of nitrogens with zero attached hydrogens (tertiary/aromatic N) is 3. The first kappa shape index (κ1) is 40.7. The average molecular weight is 806 g/mol. The van der Waals surface area contributed by atoms with Crippen LogP contribution in [-0.4, -0.2) is 74.1 Å². The molecule has 2 heterocycles. The summed E-state index contributed by atoms with van der Waals surface area (Å²) in [6, 6.07) is 36.2. The maximum Gasteiger partial charge on any atom is 0.269 e. The second-order valence-corrected chi connectivity index (χ2v) is 16.4. The fraction of sp³-hybridized carbons (Fsp3) is 0.295. The van der Waals surface area contributed by atoms with Crippen molar-refractivity contribution in [2.75, 3.05) is 42.9 Å². The molecule has 0 spiro atoms. The summed E-state index contributed by atoms with van der Waals surface area (Å²) >= 11 is 0. The van der Waals surface area contributed by atoms with Gasteiger partial charge in [-0.3, -0.25) is 19.8 Å². The molecule has 58 heavy (non-hydrogen) atoms. The van der Waals surface area contributed by atoms with Crippen molar-refractivity contribution in [2.24, 2.45) is 0 Å². The fourth-order valence-electron chi connectivity index (χ4n) is 7.26. The van der Waals surface area contributed by atoms with E-state index in [9.17, 15) is 28.4 Å². The molecule has 2 aliphatic rings. The van der Waals surface area contributed by atoms with E-state index in [-0.39, 0.29) is 35.8 Å². The number of nitrogens with one attached hydrogen (secondary N) is 2. The predicted octanol–water partition coefficient (Wildman–Crippen LogP) is 6.29. The third-order valence-corrected chi connectivity index (χ3v) is 12.0. The van der Waals surface area contributed by atoms with Gasteiger partial charge in [0.2, 0.25) is 15.9 Å². The Kier molecular flexibility index (Phi) is 12.9. The van der Waals surface area contributed by atoms with E-state index in [1.54, 1.807) is 36.4 Å². The highest BCUT2D eigenvalue weighted by Crippen LogP contribution is 2.38. The Bertz CT molecular complexity index is 2250. The lowest BCUT2D eigenvalue weighted by Gasteiger charge is -2.41. The highest BCUT2D eigenvalue weighted by atomic mass is 32.2. The highest BCUT2D eigenvalue weighted by molar-refractivity contribution is 7.89. The van der Waals surface area contributed by atoms with Crippen molar-refractivity contribution >= 4 is 33.0 Å². The molecule has 0 aromatic heterocycles. The molecule has 2 saturated heterocycles. The number of hydrogen-bond acceptors (Lipinski definition) is 10. The third kappa shape index (κ3) is 10.3. The number of ether oxygens (including phenoxy) is 2. The Morgan fingerprint density at radius 3 is 2.12 bits per heavy atom. The second-order valence-electron chi connectivity index (χ2n) is 14.7. The van der Waals surface area contributed by atoms with Crippen LogP contribution in [0.5, 0.6) is 0 Å². The number of benzene rings is 5. The first-order valence-corrected chi connectivity index (χ1v) is 20.8. The van der Waals surface area contributed by atoms with Crippen molar-refractivity contribution in [1.82, 2.24) is 9.62 Å². The van der Waals surface area contributed by atoms with Crippen LogP contribution in [-0.2, 0) is 37.3 Å². The number of aliphatic hydroxyl groups is 1. The van der Waals surface area contributed by atoms with E-state index in [2.05, 4.69) is 19.8 Å². The summed E-state index contributed by atoms with van der Waals surface area (Å²) < 4.78 is 42.5. The zero-order valence-electron chi connectivity index (χ0n) is 32.1. The predicted molar refractivity (Wildman–Crippen MR) is 221 cm³/mol. The summed E-state index contributed by atoms with van der Waals surface area (Å²) in [4.78, 5) is 29.1. The summed E-state index contributed by atoms with van der Waals surface area (Å²) in [5, 5.41) is 23.6. The van der Waals surface area contributed by atoms with Crippen LogP contribution >= 0.6 is 0 Å². The molecule has 3 N–H and O–H groups in total. The second kappa shape index (κ2) is 18.4. The van der Waals surface area contributed by atoms with Crippen LogP contribution in [0.2, 0.25) is 0 Å². The summed E-state index contributed by atoms with van der Waals surface area (Å²) in [6.07, 6.45) is -0.398. The number of carbonyl (C=O) groups is 1. The Morgan fingerprint density at radius 1 is 0.828 bits per heavy atom. The monoisotopic (exact) mass is 805 g/mol.